The van der Waals surface area contributed by atoms with E-state index in [1.54, 1.807) is 7.11 Å². The van der Waals surface area contributed by atoms with Gasteiger partial charge in [-0.25, -0.2) is 0 Å². The molecule has 0 unspecified atom stereocenters. The van der Waals surface area contributed by atoms with Gasteiger partial charge in [0.2, 0.25) is 0 Å². The van der Waals surface area contributed by atoms with Gasteiger partial charge >= 0.3 is 0 Å². The largest absolute Gasteiger partial charge is 0.468 e. The molecule has 2 heteroatoms. The zero-order valence-electron chi connectivity index (χ0n) is 8.95. The van der Waals surface area contributed by atoms with E-state index in [9.17, 15) is 0 Å². The molecule has 2 nitrogen and oxygen atoms in total. The van der Waals surface area contributed by atoms with Gasteiger partial charge in [0.15, 0.2) is 6.79 Å². The van der Waals surface area contributed by atoms with E-state index in [0.29, 0.717) is 6.79 Å². The number of rotatable bonds is 6. The molecular formula is C12H18O2. The van der Waals surface area contributed by atoms with Crippen molar-refractivity contribution in [2.75, 3.05) is 13.9 Å². The second-order valence-electron chi connectivity index (χ2n) is 3.30. The Bertz CT molecular complexity index is 214. The average molecular weight is 194 g/mol. The van der Waals surface area contributed by atoms with Gasteiger partial charge in [-0.3, -0.25) is 0 Å². The first-order chi connectivity index (χ1) is 6.86. The van der Waals surface area contributed by atoms with Crippen LogP contribution >= 0.6 is 0 Å². The molecule has 1 rings (SSSR count). The van der Waals surface area contributed by atoms with E-state index < -0.39 is 0 Å². The molecule has 0 spiro atoms. The van der Waals surface area contributed by atoms with Crippen LogP contribution in [0, 0.1) is 0 Å². The molecule has 0 aliphatic heterocycles. The van der Waals surface area contributed by atoms with E-state index >= 15 is 0 Å². The lowest BCUT2D eigenvalue weighted by Gasteiger charge is -2.05. The predicted octanol–water partition coefficient (Wildman–Crippen LogP) is 3.01. The lowest BCUT2D eigenvalue weighted by atomic mass is 10.1. The van der Waals surface area contributed by atoms with Crippen molar-refractivity contribution in [2.24, 2.45) is 0 Å². The highest BCUT2D eigenvalue weighted by molar-refractivity contribution is 5.27. The zero-order chi connectivity index (χ0) is 10.2. The number of methoxy groups -OCH3 is 1. The van der Waals surface area contributed by atoms with Crippen LogP contribution in [-0.4, -0.2) is 13.9 Å². The van der Waals surface area contributed by atoms with Crippen molar-refractivity contribution in [2.45, 2.75) is 26.2 Å². The molecule has 0 N–H and O–H groups in total. The van der Waals surface area contributed by atoms with Crippen LogP contribution in [0.1, 0.15) is 25.3 Å². The fourth-order valence-corrected chi connectivity index (χ4v) is 1.26. The minimum atomic E-state index is 0.314. The summed E-state index contributed by atoms with van der Waals surface area (Å²) in [5, 5.41) is 0. The molecule has 0 aliphatic carbocycles. The first-order valence-corrected chi connectivity index (χ1v) is 5.07. The first-order valence-electron chi connectivity index (χ1n) is 5.07. The number of unbranched alkanes of at least 4 members (excludes halogenated alkanes) is 1. The number of ether oxygens (including phenoxy) is 2. The standard InChI is InChI=1S/C12H18O2/c1-3-4-5-11-6-8-12(9-7-11)14-10-13-2/h6-9H,3-5,10H2,1-2H3. The molecule has 0 aromatic heterocycles. The molecular weight excluding hydrogens is 176 g/mol. The quantitative estimate of drug-likeness (QED) is 0.648. The smallest absolute Gasteiger partial charge is 0.188 e. The van der Waals surface area contributed by atoms with Crippen LogP contribution in [0.3, 0.4) is 0 Å². The lowest BCUT2D eigenvalue weighted by molar-refractivity contribution is 0.0511. The Morgan fingerprint density at radius 1 is 1.14 bits per heavy atom. The Morgan fingerprint density at radius 3 is 2.43 bits per heavy atom. The normalized spacial score (nSPS) is 10.1. The summed E-state index contributed by atoms with van der Waals surface area (Å²) < 4.78 is 10.1. The minimum Gasteiger partial charge on any atom is -0.468 e. The Labute approximate surface area is 85.8 Å². The van der Waals surface area contributed by atoms with Crippen LogP contribution in [0.25, 0.3) is 0 Å². The third kappa shape index (κ3) is 3.79. The summed E-state index contributed by atoms with van der Waals surface area (Å²) in [6.45, 7) is 2.52. The van der Waals surface area contributed by atoms with Gasteiger partial charge in [-0.05, 0) is 30.5 Å². The van der Waals surface area contributed by atoms with Crippen molar-refractivity contribution < 1.29 is 9.47 Å². The summed E-state index contributed by atoms with van der Waals surface area (Å²) in [7, 11) is 1.62. The molecule has 1 aromatic carbocycles. The highest BCUT2D eigenvalue weighted by Crippen LogP contribution is 2.13. The van der Waals surface area contributed by atoms with Gasteiger partial charge in [0, 0.05) is 7.11 Å². The highest BCUT2D eigenvalue weighted by Gasteiger charge is 1.94. The maximum absolute atomic E-state index is 5.29. The van der Waals surface area contributed by atoms with Crippen molar-refractivity contribution in [3.63, 3.8) is 0 Å². The summed E-state index contributed by atoms with van der Waals surface area (Å²) >= 11 is 0. The van der Waals surface area contributed by atoms with Gasteiger partial charge in [0.25, 0.3) is 0 Å². The molecule has 0 saturated heterocycles. The lowest BCUT2D eigenvalue weighted by Crippen LogP contribution is -1.98. The van der Waals surface area contributed by atoms with Gasteiger partial charge in [-0.15, -0.1) is 0 Å². The maximum atomic E-state index is 5.29. The van der Waals surface area contributed by atoms with E-state index in [0.717, 1.165) is 12.2 Å². The van der Waals surface area contributed by atoms with E-state index in [1.807, 2.05) is 12.1 Å². The van der Waals surface area contributed by atoms with Crippen LogP contribution in [0.15, 0.2) is 24.3 Å². The van der Waals surface area contributed by atoms with Crippen LogP contribution in [0.2, 0.25) is 0 Å². The summed E-state index contributed by atoms with van der Waals surface area (Å²) in [5.41, 5.74) is 1.37. The monoisotopic (exact) mass is 194 g/mol. The third-order valence-electron chi connectivity index (χ3n) is 2.09. The van der Waals surface area contributed by atoms with E-state index in [-0.39, 0.29) is 0 Å². The summed E-state index contributed by atoms with van der Waals surface area (Å²) in [6.07, 6.45) is 3.64. The van der Waals surface area contributed by atoms with Crippen LogP contribution in [-0.2, 0) is 11.2 Å². The molecule has 0 saturated carbocycles. The van der Waals surface area contributed by atoms with Gasteiger partial charge in [0.05, 0.1) is 0 Å². The maximum Gasteiger partial charge on any atom is 0.188 e. The number of aryl methyl sites for hydroxylation is 1. The first kappa shape index (κ1) is 11.1. The Morgan fingerprint density at radius 2 is 1.86 bits per heavy atom. The van der Waals surface area contributed by atoms with Crippen molar-refractivity contribution in [3.05, 3.63) is 29.8 Å². The Kier molecular flexibility index (Phi) is 5.08. The van der Waals surface area contributed by atoms with Gasteiger partial charge in [-0.1, -0.05) is 25.5 Å². The average Bonchev–Trinajstić information content (AvgIpc) is 2.25. The van der Waals surface area contributed by atoms with Crippen molar-refractivity contribution in [3.8, 4) is 5.75 Å². The van der Waals surface area contributed by atoms with Gasteiger partial charge < -0.3 is 9.47 Å². The molecule has 0 aliphatic rings. The van der Waals surface area contributed by atoms with Crippen LogP contribution < -0.4 is 4.74 Å². The van der Waals surface area contributed by atoms with Crippen LogP contribution in [0.5, 0.6) is 5.75 Å². The summed E-state index contributed by atoms with van der Waals surface area (Å²) in [4.78, 5) is 0. The number of hydrogen-bond donors (Lipinski definition) is 0. The fourth-order valence-electron chi connectivity index (χ4n) is 1.26. The molecule has 0 atom stereocenters. The Hall–Kier alpha value is -1.02. The van der Waals surface area contributed by atoms with E-state index in [4.69, 9.17) is 9.47 Å². The van der Waals surface area contributed by atoms with E-state index in [1.165, 1.54) is 18.4 Å². The molecule has 14 heavy (non-hydrogen) atoms. The molecule has 0 fully saturated rings. The molecule has 78 valence electrons. The third-order valence-corrected chi connectivity index (χ3v) is 2.09. The molecule has 0 heterocycles. The van der Waals surface area contributed by atoms with Gasteiger partial charge in [0.1, 0.15) is 5.75 Å². The predicted molar refractivity (Wildman–Crippen MR) is 57.6 cm³/mol. The minimum absolute atomic E-state index is 0.314. The molecule has 1 aromatic rings. The van der Waals surface area contributed by atoms with Crippen molar-refractivity contribution in [1.29, 1.82) is 0 Å². The molecule has 0 amide bonds. The van der Waals surface area contributed by atoms with Crippen molar-refractivity contribution >= 4 is 0 Å². The van der Waals surface area contributed by atoms with Gasteiger partial charge in [-0.2, -0.15) is 0 Å². The zero-order valence-corrected chi connectivity index (χ0v) is 8.95. The summed E-state index contributed by atoms with van der Waals surface area (Å²) in [5.74, 6) is 0.868. The molecule has 0 radical (unpaired) electrons. The molecule has 0 bridgehead atoms. The number of benzene rings is 1. The second kappa shape index (κ2) is 6.44. The number of hydrogen-bond acceptors (Lipinski definition) is 2. The SMILES string of the molecule is CCCCc1ccc(OCOC)cc1. The van der Waals surface area contributed by atoms with E-state index in [2.05, 4.69) is 19.1 Å². The summed E-state index contributed by atoms with van der Waals surface area (Å²) in [6, 6.07) is 8.20. The second-order valence-corrected chi connectivity index (χ2v) is 3.30. The Balaban J connectivity index is 2.42. The topological polar surface area (TPSA) is 18.5 Å². The van der Waals surface area contributed by atoms with Crippen molar-refractivity contribution in [1.82, 2.24) is 0 Å². The fraction of sp³-hybridized carbons (Fsp3) is 0.500. The highest BCUT2D eigenvalue weighted by atomic mass is 16.7. The van der Waals surface area contributed by atoms with Crippen LogP contribution in [0.4, 0.5) is 0 Å².